The van der Waals surface area contributed by atoms with Crippen molar-refractivity contribution in [1.29, 1.82) is 0 Å². The van der Waals surface area contributed by atoms with Gasteiger partial charge < -0.3 is 15.0 Å². The summed E-state index contributed by atoms with van der Waals surface area (Å²) >= 11 is 6.31. The molecule has 1 aromatic heterocycles. The first-order valence-corrected chi connectivity index (χ1v) is 12.4. The van der Waals surface area contributed by atoms with Crippen LogP contribution in [0, 0.1) is 5.41 Å². The molecule has 0 bridgehead atoms. The normalized spacial score (nSPS) is 19.1. The molecule has 0 saturated carbocycles. The summed E-state index contributed by atoms with van der Waals surface area (Å²) in [6, 6.07) is 7.42. The molecule has 4 rings (SSSR count). The smallest absolute Gasteiger partial charge is 0.275 e. The van der Waals surface area contributed by atoms with Crippen molar-refractivity contribution in [2.24, 2.45) is 5.41 Å². The number of aryl methyl sites for hydroxylation is 1. The van der Waals surface area contributed by atoms with Gasteiger partial charge in [0.25, 0.3) is 11.8 Å². The highest BCUT2D eigenvalue weighted by atomic mass is 35.5. The zero-order chi connectivity index (χ0) is 23.3. The molecule has 1 aromatic carbocycles. The van der Waals surface area contributed by atoms with Gasteiger partial charge in [-0.05, 0) is 49.7 Å². The highest BCUT2D eigenvalue weighted by molar-refractivity contribution is 6.33. The molecule has 8 heteroatoms. The lowest BCUT2D eigenvalue weighted by molar-refractivity contribution is 0.0528. The highest BCUT2D eigenvalue weighted by Crippen LogP contribution is 2.37. The minimum absolute atomic E-state index is 0.00714. The Balaban J connectivity index is 1.43. The van der Waals surface area contributed by atoms with Gasteiger partial charge in [-0.15, -0.1) is 0 Å². The van der Waals surface area contributed by atoms with Crippen molar-refractivity contribution in [1.82, 2.24) is 20.0 Å². The van der Waals surface area contributed by atoms with Crippen LogP contribution in [0.15, 0.2) is 30.5 Å². The van der Waals surface area contributed by atoms with E-state index >= 15 is 0 Å². The van der Waals surface area contributed by atoms with Gasteiger partial charge in [-0.3, -0.25) is 14.3 Å². The number of amides is 2. The number of hydrogen-bond donors (Lipinski definition) is 1. The lowest BCUT2D eigenvalue weighted by Gasteiger charge is -2.42. The Labute approximate surface area is 200 Å². The molecule has 0 atom stereocenters. The average Bonchev–Trinajstić information content (AvgIpc) is 3.19. The summed E-state index contributed by atoms with van der Waals surface area (Å²) in [6.45, 7) is 5.31. The van der Waals surface area contributed by atoms with E-state index in [0.29, 0.717) is 48.3 Å². The van der Waals surface area contributed by atoms with Crippen molar-refractivity contribution < 1.29 is 14.3 Å². The SMILES string of the molecule is CCCn1cc(Cl)c(C(=O)N2CCC3(CCCCCOc4ccccc4C(=O)NC3)CC2)n1. The summed E-state index contributed by atoms with van der Waals surface area (Å²) in [6.07, 6.45) is 8.54. The van der Waals surface area contributed by atoms with Gasteiger partial charge in [0.15, 0.2) is 5.69 Å². The van der Waals surface area contributed by atoms with Crippen molar-refractivity contribution in [2.45, 2.75) is 58.4 Å². The number of hydrogen-bond acceptors (Lipinski definition) is 4. The number of aromatic nitrogens is 2. The zero-order valence-corrected chi connectivity index (χ0v) is 20.1. The first kappa shape index (κ1) is 23.6. The number of nitrogens with one attached hydrogen (secondary N) is 1. The molecule has 1 saturated heterocycles. The highest BCUT2D eigenvalue weighted by Gasteiger charge is 2.37. The maximum Gasteiger partial charge on any atom is 0.275 e. The Hall–Kier alpha value is -2.54. The van der Waals surface area contributed by atoms with E-state index in [9.17, 15) is 9.59 Å². The maximum absolute atomic E-state index is 13.1. The number of fused-ring (bicyclic) bond motifs is 1. The van der Waals surface area contributed by atoms with Crippen LogP contribution in [0.25, 0.3) is 0 Å². The van der Waals surface area contributed by atoms with Crippen LogP contribution in [0.5, 0.6) is 5.75 Å². The number of piperidine rings is 1. The molecule has 3 heterocycles. The number of benzene rings is 1. The van der Waals surface area contributed by atoms with Crippen LogP contribution in [0.2, 0.25) is 5.02 Å². The molecular weight excluding hydrogens is 440 g/mol. The van der Waals surface area contributed by atoms with E-state index in [-0.39, 0.29) is 17.2 Å². The summed E-state index contributed by atoms with van der Waals surface area (Å²) in [5.41, 5.74) is 0.912. The Morgan fingerprint density at radius 3 is 2.76 bits per heavy atom. The first-order chi connectivity index (χ1) is 16.0. The van der Waals surface area contributed by atoms with Gasteiger partial charge in [-0.25, -0.2) is 0 Å². The van der Waals surface area contributed by atoms with Crippen molar-refractivity contribution in [3.63, 3.8) is 0 Å². The quantitative estimate of drug-likeness (QED) is 0.710. The first-order valence-electron chi connectivity index (χ1n) is 12.0. The molecule has 178 valence electrons. The molecule has 2 aliphatic rings. The van der Waals surface area contributed by atoms with Crippen molar-refractivity contribution in [3.05, 3.63) is 46.7 Å². The largest absolute Gasteiger partial charge is 0.493 e. The standard InChI is InChI=1S/C25H33ClN4O3/c1-2-13-30-17-20(26)22(28-30)24(32)29-14-11-25(12-15-29)10-6-3-7-16-33-21-9-5-4-8-19(21)23(31)27-18-25/h4-5,8-9,17H,2-3,6-7,10-16,18H2,1H3,(H,27,31). The van der Waals surface area contributed by atoms with E-state index < -0.39 is 0 Å². The number of nitrogens with zero attached hydrogens (tertiary/aromatic N) is 3. The van der Waals surface area contributed by atoms with Crippen molar-refractivity contribution >= 4 is 23.4 Å². The van der Waals surface area contributed by atoms with Gasteiger partial charge in [0, 0.05) is 32.4 Å². The van der Waals surface area contributed by atoms with Gasteiger partial charge in [0.1, 0.15) is 5.75 Å². The molecule has 1 N–H and O–H groups in total. The Morgan fingerprint density at radius 2 is 1.97 bits per heavy atom. The van der Waals surface area contributed by atoms with E-state index in [2.05, 4.69) is 17.3 Å². The van der Waals surface area contributed by atoms with Crippen LogP contribution in [-0.2, 0) is 6.54 Å². The lowest BCUT2D eigenvalue weighted by Crippen LogP contribution is -2.48. The summed E-state index contributed by atoms with van der Waals surface area (Å²) in [4.78, 5) is 27.9. The predicted molar refractivity (Wildman–Crippen MR) is 128 cm³/mol. The second-order valence-electron chi connectivity index (χ2n) is 9.22. The number of ether oxygens (including phenoxy) is 1. The van der Waals surface area contributed by atoms with Crippen molar-refractivity contribution in [3.8, 4) is 5.75 Å². The third-order valence-electron chi connectivity index (χ3n) is 6.85. The third-order valence-corrected chi connectivity index (χ3v) is 7.12. The van der Waals surface area contributed by atoms with Gasteiger partial charge in [0.2, 0.25) is 0 Å². The topological polar surface area (TPSA) is 76.5 Å². The second-order valence-corrected chi connectivity index (χ2v) is 9.63. The summed E-state index contributed by atoms with van der Waals surface area (Å²) in [5, 5.41) is 7.97. The second kappa shape index (κ2) is 10.6. The molecule has 0 unspecified atom stereocenters. The monoisotopic (exact) mass is 472 g/mol. The van der Waals surface area contributed by atoms with Gasteiger partial charge in [-0.1, -0.05) is 43.5 Å². The maximum atomic E-state index is 13.1. The van der Waals surface area contributed by atoms with E-state index in [1.54, 1.807) is 10.9 Å². The van der Waals surface area contributed by atoms with Crippen LogP contribution in [0.4, 0.5) is 0 Å². The minimum atomic E-state index is -0.104. The molecule has 2 amide bonds. The van der Waals surface area contributed by atoms with Crippen LogP contribution in [-0.4, -0.2) is 52.7 Å². The van der Waals surface area contributed by atoms with E-state index in [0.717, 1.165) is 51.5 Å². The number of halogens is 1. The van der Waals surface area contributed by atoms with E-state index in [4.69, 9.17) is 16.3 Å². The summed E-state index contributed by atoms with van der Waals surface area (Å²) < 4.78 is 7.59. The molecule has 2 aliphatic heterocycles. The number of carbonyl (C=O) groups is 2. The van der Waals surface area contributed by atoms with Crippen LogP contribution in [0.1, 0.15) is 72.7 Å². The fourth-order valence-electron chi connectivity index (χ4n) is 4.84. The molecule has 1 fully saturated rings. The minimum Gasteiger partial charge on any atom is -0.493 e. The molecule has 33 heavy (non-hydrogen) atoms. The Bertz CT molecular complexity index is 982. The molecular formula is C25H33ClN4O3. The third kappa shape index (κ3) is 5.52. The number of rotatable bonds is 3. The molecule has 0 aliphatic carbocycles. The summed E-state index contributed by atoms with van der Waals surface area (Å²) in [7, 11) is 0. The number of para-hydroxylation sites is 1. The number of carbonyl (C=O) groups excluding carboxylic acids is 2. The van der Waals surface area contributed by atoms with Crippen LogP contribution < -0.4 is 10.1 Å². The van der Waals surface area contributed by atoms with Gasteiger partial charge in [0.05, 0.1) is 17.2 Å². The number of likely N-dealkylation sites (tertiary alicyclic amines) is 1. The molecule has 1 spiro atoms. The molecule has 2 aromatic rings. The van der Waals surface area contributed by atoms with E-state index in [1.165, 1.54) is 0 Å². The molecule has 7 nitrogen and oxygen atoms in total. The predicted octanol–water partition coefficient (Wildman–Crippen LogP) is 4.55. The molecule has 0 radical (unpaired) electrons. The lowest BCUT2D eigenvalue weighted by atomic mass is 9.74. The fourth-order valence-corrected chi connectivity index (χ4v) is 5.07. The van der Waals surface area contributed by atoms with Crippen molar-refractivity contribution in [2.75, 3.05) is 26.2 Å². The van der Waals surface area contributed by atoms with E-state index in [1.807, 2.05) is 29.2 Å². The average molecular weight is 473 g/mol. The van der Waals surface area contributed by atoms with Gasteiger partial charge in [-0.2, -0.15) is 5.10 Å². The Morgan fingerprint density at radius 1 is 1.18 bits per heavy atom. The van der Waals surface area contributed by atoms with Gasteiger partial charge >= 0.3 is 0 Å². The zero-order valence-electron chi connectivity index (χ0n) is 19.3. The van der Waals surface area contributed by atoms with Crippen LogP contribution in [0.3, 0.4) is 0 Å². The Kier molecular flexibility index (Phi) is 7.58. The fraction of sp³-hybridized carbons (Fsp3) is 0.560. The summed E-state index contributed by atoms with van der Waals surface area (Å²) in [5.74, 6) is 0.440. The van der Waals surface area contributed by atoms with Crippen LogP contribution >= 0.6 is 11.6 Å².